The predicted molar refractivity (Wildman–Crippen MR) is 72.0 cm³/mol. The van der Waals surface area contributed by atoms with E-state index in [0.717, 1.165) is 19.0 Å². The van der Waals surface area contributed by atoms with Gasteiger partial charge < -0.3 is 5.32 Å². The van der Waals surface area contributed by atoms with Crippen molar-refractivity contribution in [1.29, 1.82) is 0 Å². The second-order valence-electron chi connectivity index (χ2n) is 4.76. The first-order valence-electron chi connectivity index (χ1n) is 6.45. The van der Waals surface area contributed by atoms with Crippen LogP contribution in [0.5, 0.6) is 0 Å². The van der Waals surface area contributed by atoms with E-state index in [2.05, 4.69) is 5.32 Å². The Hall–Kier alpha value is -0.980. The summed E-state index contributed by atoms with van der Waals surface area (Å²) in [6.07, 6.45) is 0.793. The Morgan fingerprint density at radius 2 is 2.21 bits per heavy atom. The Kier molecular flexibility index (Phi) is 4.23. The van der Waals surface area contributed by atoms with E-state index in [1.54, 1.807) is 6.92 Å². The van der Waals surface area contributed by atoms with Gasteiger partial charge in [0.1, 0.15) is 5.82 Å². The maximum Gasteiger partial charge on any atom is 0.243 e. The Morgan fingerprint density at radius 1 is 1.47 bits per heavy atom. The maximum atomic E-state index is 13.3. The summed E-state index contributed by atoms with van der Waals surface area (Å²) in [5, 5.41) is 3.16. The van der Waals surface area contributed by atoms with E-state index < -0.39 is 15.8 Å². The summed E-state index contributed by atoms with van der Waals surface area (Å²) in [6.45, 7) is 5.36. The first-order chi connectivity index (χ1) is 8.96. The smallest absolute Gasteiger partial charge is 0.243 e. The van der Waals surface area contributed by atoms with Crippen molar-refractivity contribution in [2.45, 2.75) is 31.2 Å². The van der Waals surface area contributed by atoms with Gasteiger partial charge in [0.2, 0.25) is 10.0 Å². The van der Waals surface area contributed by atoms with Gasteiger partial charge in [-0.15, -0.1) is 0 Å². The van der Waals surface area contributed by atoms with Crippen molar-refractivity contribution in [2.24, 2.45) is 0 Å². The van der Waals surface area contributed by atoms with Crippen LogP contribution in [0.4, 0.5) is 4.39 Å². The summed E-state index contributed by atoms with van der Waals surface area (Å²) in [6, 6.07) is 3.85. The minimum atomic E-state index is -3.63. The second-order valence-corrected chi connectivity index (χ2v) is 6.62. The number of aryl methyl sites for hydroxylation is 1. The van der Waals surface area contributed by atoms with E-state index in [1.807, 2.05) is 6.92 Å². The Labute approximate surface area is 113 Å². The van der Waals surface area contributed by atoms with E-state index in [9.17, 15) is 12.8 Å². The lowest BCUT2D eigenvalue weighted by atomic mass is 10.2. The number of benzene rings is 1. The van der Waals surface area contributed by atoms with Gasteiger partial charge in [0.15, 0.2) is 0 Å². The molecule has 0 spiro atoms. The molecule has 1 saturated heterocycles. The van der Waals surface area contributed by atoms with Crippen molar-refractivity contribution in [3.63, 3.8) is 0 Å². The van der Waals surface area contributed by atoms with Crippen LogP contribution < -0.4 is 5.32 Å². The molecule has 1 aromatic carbocycles. The number of halogens is 1. The van der Waals surface area contributed by atoms with Crippen LogP contribution >= 0.6 is 0 Å². The van der Waals surface area contributed by atoms with Crippen LogP contribution in [0.25, 0.3) is 0 Å². The number of likely N-dealkylation sites (N-methyl/N-ethyl adjacent to an activating group) is 1. The first-order valence-corrected chi connectivity index (χ1v) is 7.89. The SMILES string of the molecule is CCN(C1CCNC1)S(=O)(=O)c1cc(F)ccc1C. The molecule has 0 saturated carbocycles. The molecule has 0 bridgehead atoms. The highest BCUT2D eigenvalue weighted by atomic mass is 32.2. The summed E-state index contributed by atoms with van der Waals surface area (Å²) in [5.41, 5.74) is 0.575. The molecule has 1 heterocycles. The topological polar surface area (TPSA) is 49.4 Å². The molecule has 1 aliphatic rings. The molecule has 0 radical (unpaired) electrons. The zero-order chi connectivity index (χ0) is 14.0. The molecule has 4 nitrogen and oxygen atoms in total. The van der Waals surface area contributed by atoms with Crippen molar-refractivity contribution < 1.29 is 12.8 Å². The molecule has 19 heavy (non-hydrogen) atoms. The Morgan fingerprint density at radius 3 is 2.79 bits per heavy atom. The standard InChI is InChI=1S/C13H19FN2O2S/c1-3-16(12-6-7-15-9-12)19(17,18)13-8-11(14)5-4-10(13)2/h4-5,8,12,15H,3,6-7,9H2,1-2H3. The lowest BCUT2D eigenvalue weighted by Crippen LogP contribution is -2.41. The number of nitrogens with one attached hydrogen (secondary N) is 1. The van der Waals surface area contributed by atoms with E-state index in [1.165, 1.54) is 16.4 Å². The van der Waals surface area contributed by atoms with Gasteiger partial charge in [0, 0.05) is 19.1 Å². The van der Waals surface area contributed by atoms with E-state index >= 15 is 0 Å². The van der Waals surface area contributed by atoms with Gasteiger partial charge in [-0.2, -0.15) is 4.31 Å². The summed E-state index contributed by atoms with van der Waals surface area (Å²) >= 11 is 0. The van der Waals surface area contributed by atoms with Crippen LogP contribution in [0.1, 0.15) is 18.9 Å². The molecule has 6 heteroatoms. The molecule has 106 valence electrons. The third kappa shape index (κ3) is 2.80. The van der Waals surface area contributed by atoms with Crippen LogP contribution in [0.15, 0.2) is 23.1 Å². The monoisotopic (exact) mass is 286 g/mol. The fraction of sp³-hybridized carbons (Fsp3) is 0.538. The molecule has 1 unspecified atom stereocenters. The first kappa shape index (κ1) is 14.4. The lowest BCUT2D eigenvalue weighted by Gasteiger charge is -2.27. The molecule has 0 aromatic heterocycles. The normalized spacial score (nSPS) is 20.1. The molecule has 1 atom stereocenters. The third-order valence-electron chi connectivity index (χ3n) is 3.49. The highest BCUT2D eigenvalue weighted by Gasteiger charge is 2.32. The van der Waals surface area contributed by atoms with Gasteiger partial charge in [-0.25, -0.2) is 12.8 Å². The third-order valence-corrected chi connectivity index (χ3v) is 5.66. The van der Waals surface area contributed by atoms with Gasteiger partial charge in [0.25, 0.3) is 0 Å². The minimum absolute atomic E-state index is 0.0438. The fourth-order valence-electron chi connectivity index (χ4n) is 2.49. The van der Waals surface area contributed by atoms with Crippen molar-refractivity contribution >= 4 is 10.0 Å². The molecule has 1 N–H and O–H groups in total. The number of hydrogen-bond donors (Lipinski definition) is 1. The highest BCUT2D eigenvalue weighted by Crippen LogP contribution is 2.24. The molecular weight excluding hydrogens is 267 g/mol. The summed E-state index contributed by atoms with van der Waals surface area (Å²) in [4.78, 5) is 0.0706. The van der Waals surface area contributed by atoms with Crippen LogP contribution in [0.3, 0.4) is 0 Å². The average Bonchev–Trinajstić information content (AvgIpc) is 2.86. The molecule has 0 amide bonds. The summed E-state index contributed by atoms with van der Waals surface area (Å²) in [5.74, 6) is -0.523. The Balaban J connectivity index is 2.42. The van der Waals surface area contributed by atoms with E-state index in [-0.39, 0.29) is 10.9 Å². The van der Waals surface area contributed by atoms with Gasteiger partial charge >= 0.3 is 0 Å². The molecule has 1 aliphatic heterocycles. The van der Waals surface area contributed by atoms with Crippen LogP contribution in [0, 0.1) is 12.7 Å². The lowest BCUT2D eigenvalue weighted by molar-refractivity contribution is 0.348. The zero-order valence-electron chi connectivity index (χ0n) is 11.2. The van der Waals surface area contributed by atoms with Crippen molar-refractivity contribution in [2.75, 3.05) is 19.6 Å². The number of sulfonamides is 1. The largest absolute Gasteiger partial charge is 0.315 e. The molecular formula is C13H19FN2O2S. The number of nitrogens with zero attached hydrogens (tertiary/aromatic N) is 1. The van der Waals surface area contributed by atoms with Crippen molar-refractivity contribution in [3.05, 3.63) is 29.6 Å². The molecule has 1 fully saturated rings. The quantitative estimate of drug-likeness (QED) is 0.912. The minimum Gasteiger partial charge on any atom is -0.315 e. The van der Waals surface area contributed by atoms with Gasteiger partial charge in [-0.3, -0.25) is 0 Å². The van der Waals surface area contributed by atoms with Crippen LogP contribution in [-0.2, 0) is 10.0 Å². The average molecular weight is 286 g/mol. The van der Waals surface area contributed by atoms with E-state index in [0.29, 0.717) is 18.7 Å². The molecule has 1 aromatic rings. The molecule has 2 rings (SSSR count). The van der Waals surface area contributed by atoms with Crippen molar-refractivity contribution in [3.8, 4) is 0 Å². The highest BCUT2D eigenvalue weighted by molar-refractivity contribution is 7.89. The number of hydrogen-bond acceptors (Lipinski definition) is 3. The van der Waals surface area contributed by atoms with Crippen LogP contribution in [-0.4, -0.2) is 38.4 Å². The summed E-state index contributed by atoms with van der Waals surface area (Å²) < 4.78 is 40.1. The predicted octanol–water partition coefficient (Wildman–Crippen LogP) is 1.51. The zero-order valence-corrected chi connectivity index (χ0v) is 12.0. The molecule has 0 aliphatic carbocycles. The Bertz CT molecular complexity index is 554. The fourth-order valence-corrected chi connectivity index (χ4v) is 4.39. The van der Waals surface area contributed by atoms with Gasteiger partial charge in [-0.05, 0) is 37.6 Å². The maximum absolute atomic E-state index is 13.3. The van der Waals surface area contributed by atoms with Gasteiger partial charge in [0.05, 0.1) is 4.90 Å². The second kappa shape index (κ2) is 5.56. The van der Waals surface area contributed by atoms with Crippen molar-refractivity contribution in [1.82, 2.24) is 9.62 Å². The van der Waals surface area contributed by atoms with Gasteiger partial charge in [-0.1, -0.05) is 13.0 Å². The van der Waals surface area contributed by atoms with E-state index in [4.69, 9.17) is 0 Å². The number of rotatable bonds is 4. The van der Waals surface area contributed by atoms with Crippen LogP contribution in [0.2, 0.25) is 0 Å². The summed E-state index contributed by atoms with van der Waals surface area (Å²) in [7, 11) is -3.63.